The van der Waals surface area contributed by atoms with Crippen molar-refractivity contribution in [2.24, 2.45) is 7.05 Å². The Kier molecular flexibility index (Phi) is 2.95. The van der Waals surface area contributed by atoms with Gasteiger partial charge < -0.3 is 11.1 Å². The molecule has 4 N–H and O–H groups in total. The first kappa shape index (κ1) is 11.0. The summed E-state index contributed by atoms with van der Waals surface area (Å²) in [7, 11) is 1.70. The van der Waals surface area contributed by atoms with Gasteiger partial charge in [-0.1, -0.05) is 18.2 Å². The lowest BCUT2D eigenvalue weighted by atomic mass is 10.3. The highest BCUT2D eigenvalue weighted by Crippen LogP contribution is 2.16. The van der Waals surface area contributed by atoms with Gasteiger partial charge in [0.25, 0.3) is 0 Å². The van der Waals surface area contributed by atoms with Crippen molar-refractivity contribution >= 4 is 23.2 Å². The monoisotopic (exact) mass is 231 g/mol. The number of rotatable bonds is 2. The van der Waals surface area contributed by atoms with Crippen LogP contribution in [0.25, 0.3) is 0 Å². The molecule has 88 valence electrons. The van der Waals surface area contributed by atoms with Crippen LogP contribution in [0.15, 0.2) is 36.5 Å². The molecule has 0 aliphatic rings. The Morgan fingerprint density at radius 1 is 1.29 bits per heavy atom. The number of hydrogen-bond donors (Lipinski definition) is 3. The number of carbonyl (C=O) groups excluding carboxylic acids is 1. The van der Waals surface area contributed by atoms with Gasteiger partial charge in [0, 0.05) is 12.7 Å². The van der Waals surface area contributed by atoms with Gasteiger partial charge >= 0.3 is 6.03 Å². The fourth-order valence-electron chi connectivity index (χ4n) is 1.40. The highest BCUT2D eigenvalue weighted by atomic mass is 16.2. The van der Waals surface area contributed by atoms with E-state index in [0.717, 1.165) is 0 Å². The second-order valence-corrected chi connectivity index (χ2v) is 3.52. The summed E-state index contributed by atoms with van der Waals surface area (Å²) in [5.74, 6) is 0.471. The van der Waals surface area contributed by atoms with Crippen molar-refractivity contribution in [1.29, 1.82) is 0 Å². The molecule has 0 aliphatic carbocycles. The minimum absolute atomic E-state index is 0.355. The number of anilines is 3. The van der Waals surface area contributed by atoms with Crippen molar-refractivity contribution in [3.63, 3.8) is 0 Å². The molecule has 0 saturated heterocycles. The molecule has 0 fully saturated rings. The number of carbonyl (C=O) groups is 1. The first-order valence-electron chi connectivity index (χ1n) is 5.07. The van der Waals surface area contributed by atoms with Crippen LogP contribution in [0.1, 0.15) is 0 Å². The maximum absolute atomic E-state index is 11.7. The summed E-state index contributed by atoms with van der Waals surface area (Å²) in [5.41, 5.74) is 6.80. The third kappa shape index (κ3) is 2.54. The molecule has 0 unspecified atom stereocenters. The van der Waals surface area contributed by atoms with Crippen molar-refractivity contribution in [1.82, 2.24) is 9.78 Å². The average molecular weight is 231 g/mol. The molecule has 0 radical (unpaired) electrons. The Balaban J connectivity index is 2.03. The molecular weight excluding hydrogens is 218 g/mol. The lowest BCUT2D eigenvalue weighted by Gasteiger charge is -2.08. The Morgan fingerprint density at radius 3 is 2.59 bits per heavy atom. The molecule has 6 nitrogen and oxygen atoms in total. The molecule has 6 heteroatoms. The molecule has 0 atom stereocenters. The van der Waals surface area contributed by atoms with Crippen LogP contribution >= 0.6 is 0 Å². The van der Waals surface area contributed by atoms with Gasteiger partial charge in [0.1, 0.15) is 0 Å². The van der Waals surface area contributed by atoms with Crippen LogP contribution in [0.3, 0.4) is 0 Å². The number of aryl methyl sites for hydroxylation is 1. The lowest BCUT2D eigenvalue weighted by Crippen LogP contribution is -2.21. The third-order valence-electron chi connectivity index (χ3n) is 2.23. The predicted octanol–water partition coefficient (Wildman–Crippen LogP) is 1.65. The number of nitrogens with zero attached hydrogens (tertiary/aromatic N) is 2. The standard InChI is InChI=1S/C11H13N5O/c1-16-10(9(12)7-13-16)15-11(17)14-8-5-3-2-4-6-8/h2-7H,12H2,1H3,(H2,14,15,17). The third-order valence-corrected chi connectivity index (χ3v) is 2.23. The van der Waals surface area contributed by atoms with E-state index < -0.39 is 0 Å². The zero-order valence-electron chi connectivity index (χ0n) is 9.34. The molecule has 1 heterocycles. The number of aromatic nitrogens is 2. The largest absolute Gasteiger partial charge is 0.394 e. The first-order chi connectivity index (χ1) is 8.16. The second-order valence-electron chi connectivity index (χ2n) is 3.52. The average Bonchev–Trinajstić information content (AvgIpc) is 2.62. The molecule has 17 heavy (non-hydrogen) atoms. The SMILES string of the molecule is Cn1ncc(N)c1NC(=O)Nc1ccccc1. The Hall–Kier alpha value is -2.50. The van der Waals surface area contributed by atoms with Gasteiger partial charge in [-0.3, -0.25) is 10.00 Å². The number of nitrogens with two attached hydrogens (primary N) is 1. The Morgan fingerprint density at radius 2 is 2.00 bits per heavy atom. The number of urea groups is 1. The highest BCUT2D eigenvalue weighted by Gasteiger charge is 2.09. The van der Waals surface area contributed by atoms with Crippen LogP contribution in [0.4, 0.5) is 22.0 Å². The number of benzene rings is 1. The normalized spacial score (nSPS) is 9.94. The van der Waals surface area contributed by atoms with Crippen LogP contribution in [0.2, 0.25) is 0 Å². The number of para-hydroxylation sites is 1. The van der Waals surface area contributed by atoms with Crippen molar-refractivity contribution in [2.75, 3.05) is 16.4 Å². The summed E-state index contributed by atoms with van der Waals surface area (Å²) < 4.78 is 1.50. The van der Waals surface area contributed by atoms with Crippen LogP contribution < -0.4 is 16.4 Å². The minimum atomic E-state index is -0.355. The number of nitrogen functional groups attached to an aromatic ring is 1. The number of amides is 2. The van der Waals surface area contributed by atoms with E-state index >= 15 is 0 Å². The summed E-state index contributed by atoms with van der Waals surface area (Å²) in [6, 6.07) is 8.80. The van der Waals surface area contributed by atoms with E-state index in [-0.39, 0.29) is 6.03 Å². The van der Waals surface area contributed by atoms with Crippen molar-refractivity contribution in [3.05, 3.63) is 36.5 Å². The van der Waals surface area contributed by atoms with Gasteiger partial charge in [0.05, 0.1) is 11.9 Å². The van der Waals surface area contributed by atoms with Gasteiger partial charge in [-0.05, 0) is 12.1 Å². The molecule has 2 amide bonds. The quantitative estimate of drug-likeness (QED) is 0.734. The molecule has 0 spiro atoms. The van der Waals surface area contributed by atoms with E-state index in [0.29, 0.717) is 17.2 Å². The van der Waals surface area contributed by atoms with Gasteiger partial charge in [-0.15, -0.1) is 0 Å². The van der Waals surface area contributed by atoms with Crippen LogP contribution in [0.5, 0.6) is 0 Å². The van der Waals surface area contributed by atoms with E-state index in [1.54, 1.807) is 19.2 Å². The molecule has 1 aromatic heterocycles. The van der Waals surface area contributed by atoms with E-state index in [1.165, 1.54) is 10.9 Å². The molecular formula is C11H13N5O. The molecule has 0 saturated carbocycles. The fraction of sp³-hybridized carbons (Fsp3) is 0.0909. The highest BCUT2D eigenvalue weighted by molar-refractivity contribution is 6.00. The second kappa shape index (κ2) is 4.56. The van der Waals surface area contributed by atoms with E-state index in [9.17, 15) is 4.79 Å². The number of hydrogen-bond acceptors (Lipinski definition) is 3. The van der Waals surface area contributed by atoms with Crippen molar-refractivity contribution in [2.45, 2.75) is 0 Å². The Bertz CT molecular complexity index is 500. The number of nitrogens with one attached hydrogen (secondary N) is 2. The summed E-state index contributed by atoms with van der Waals surface area (Å²) in [6.07, 6.45) is 1.48. The van der Waals surface area contributed by atoms with Crippen LogP contribution in [-0.4, -0.2) is 15.8 Å². The van der Waals surface area contributed by atoms with Gasteiger partial charge in [-0.25, -0.2) is 4.79 Å². The maximum atomic E-state index is 11.7. The van der Waals surface area contributed by atoms with Crippen molar-refractivity contribution in [3.8, 4) is 0 Å². The maximum Gasteiger partial charge on any atom is 0.324 e. The van der Waals surface area contributed by atoms with E-state index in [4.69, 9.17) is 5.73 Å². The van der Waals surface area contributed by atoms with E-state index in [2.05, 4.69) is 15.7 Å². The minimum Gasteiger partial charge on any atom is -0.394 e. The van der Waals surface area contributed by atoms with Gasteiger partial charge in [0.15, 0.2) is 5.82 Å². The summed E-state index contributed by atoms with van der Waals surface area (Å²) in [6.45, 7) is 0. The molecule has 1 aromatic carbocycles. The van der Waals surface area contributed by atoms with Crippen LogP contribution in [-0.2, 0) is 7.05 Å². The van der Waals surface area contributed by atoms with Crippen LogP contribution in [0, 0.1) is 0 Å². The molecule has 2 aromatic rings. The van der Waals surface area contributed by atoms with Gasteiger partial charge in [-0.2, -0.15) is 5.10 Å². The lowest BCUT2D eigenvalue weighted by molar-refractivity contribution is 0.262. The van der Waals surface area contributed by atoms with E-state index in [1.807, 2.05) is 18.2 Å². The smallest absolute Gasteiger partial charge is 0.324 e. The Labute approximate surface area is 98.4 Å². The summed E-state index contributed by atoms with van der Waals surface area (Å²) in [4.78, 5) is 11.7. The molecule has 0 aliphatic heterocycles. The fourth-order valence-corrected chi connectivity index (χ4v) is 1.40. The molecule has 2 rings (SSSR count). The topological polar surface area (TPSA) is 85.0 Å². The first-order valence-corrected chi connectivity index (χ1v) is 5.07. The zero-order chi connectivity index (χ0) is 12.3. The zero-order valence-corrected chi connectivity index (χ0v) is 9.34. The van der Waals surface area contributed by atoms with Crippen molar-refractivity contribution < 1.29 is 4.79 Å². The molecule has 0 bridgehead atoms. The predicted molar refractivity (Wildman–Crippen MR) is 66.7 cm³/mol. The van der Waals surface area contributed by atoms with Gasteiger partial charge in [0.2, 0.25) is 0 Å². The summed E-state index contributed by atoms with van der Waals surface area (Å²) >= 11 is 0. The summed E-state index contributed by atoms with van der Waals surface area (Å²) in [5, 5.41) is 9.25.